The standard InChI is InChI=1S/C8H5BrF3NO/c9-2-4-1-5(8(11)12)13-6(3-14)7(4)10/h1,3,8H,2H2. The van der Waals surface area contributed by atoms with Gasteiger partial charge in [-0.15, -0.1) is 0 Å². The number of carbonyl (C=O) groups is 1. The molecule has 1 aromatic heterocycles. The molecule has 1 aromatic rings. The van der Waals surface area contributed by atoms with Gasteiger partial charge in [-0.3, -0.25) is 4.79 Å². The van der Waals surface area contributed by atoms with Gasteiger partial charge in [-0.1, -0.05) is 15.9 Å². The van der Waals surface area contributed by atoms with Crippen LogP contribution in [-0.4, -0.2) is 11.3 Å². The number of hydrogen-bond acceptors (Lipinski definition) is 2. The summed E-state index contributed by atoms with van der Waals surface area (Å²) < 4.78 is 37.6. The normalized spacial score (nSPS) is 10.6. The van der Waals surface area contributed by atoms with Crippen molar-refractivity contribution < 1.29 is 18.0 Å². The van der Waals surface area contributed by atoms with Gasteiger partial charge in [0.15, 0.2) is 12.1 Å². The van der Waals surface area contributed by atoms with Crippen LogP contribution in [0.4, 0.5) is 13.2 Å². The van der Waals surface area contributed by atoms with Crippen molar-refractivity contribution in [2.24, 2.45) is 0 Å². The number of alkyl halides is 3. The summed E-state index contributed by atoms with van der Waals surface area (Å²) in [5.41, 5.74) is -1.18. The van der Waals surface area contributed by atoms with E-state index >= 15 is 0 Å². The molecule has 6 heteroatoms. The second-order valence-corrected chi connectivity index (χ2v) is 3.02. The highest BCUT2D eigenvalue weighted by molar-refractivity contribution is 9.08. The van der Waals surface area contributed by atoms with Crippen LogP contribution >= 0.6 is 15.9 Å². The van der Waals surface area contributed by atoms with Crippen molar-refractivity contribution in [1.82, 2.24) is 4.98 Å². The summed E-state index contributed by atoms with van der Waals surface area (Å²) in [6.07, 6.45) is -2.69. The monoisotopic (exact) mass is 267 g/mol. The highest BCUT2D eigenvalue weighted by Gasteiger charge is 2.16. The Labute approximate surface area is 86.3 Å². The van der Waals surface area contributed by atoms with Crippen molar-refractivity contribution in [3.8, 4) is 0 Å². The zero-order valence-electron chi connectivity index (χ0n) is 6.81. The van der Waals surface area contributed by atoms with Gasteiger partial charge in [-0.05, 0) is 6.07 Å². The molecule has 2 nitrogen and oxygen atoms in total. The van der Waals surface area contributed by atoms with Crippen LogP contribution in [0.3, 0.4) is 0 Å². The third-order valence-electron chi connectivity index (χ3n) is 1.56. The van der Waals surface area contributed by atoms with Crippen molar-refractivity contribution in [2.45, 2.75) is 11.8 Å². The van der Waals surface area contributed by atoms with E-state index in [4.69, 9.17) is 0 Å². The Morgan fingerprint density at radius 1 is 1.57 bits per heavy atom. The van der Waals surface area contributed by atoms with Crippen LogP contribution in [0.1, 0.15) is 28.2 Å². The first-order chi connectivity index (χ1) is 6.60. The molecule has 0 aliphatic heterocycles. The Hall–Kier alpha value is -0.910. The number of halogens is 4. The first-order valence-electron chi connectivity index (χ1n) is 3.58. The molecule has 0 amide bonds. The van der Waals surface area contributed by atoms with Gasteiger partial charge in [0.2, 0.25) is 0 Å². The fourth-order valence-electron chi connectivity index (χ4n) is 0.914. The minimum Gasteiger partial charge on any atom is -0.296 e. The van der Waals surface area contributed by atoms with Crippen LogP contribution in [0.2, 0.25) is 0 Å². The summed E-state index contributed by atoms with van der Waals surface area (Å²) in [4.78, 5) is 13.5. The second kappa shape index (κ2) is 4.54. The molecule has 0 aromatic carbocycles. The van der Waals surface area contributed by atoms with Crippen molar-refractivity contribution in [1.29, 1.82) is 0 Å². The Morgan fingerprint density at radius 3 is 2.64 bits per heavy atom. The number of rotatable bonds is 3. The molecule has 0 aliphatic rings. The average molecular weight is 268 g/mol. The molecule has 0 atom stereocenters. The number of aromatic nitrogens is 1. The van der Waals surface area contributed by atoms with E-state index in [1.807, 2.05) is 0 Å². The van der Waals surface area contributed by atoms with E-state index in [9.17, 15) is 18.0 Å². The topological polar surface area (TPSA) is 30.0 Å². The number of hydrogen-bond donors (Lipinski definition) is 0. The zero-order chi connectivity index (χ0) is 10.7. The number of nitrogens with zero attached hydrogens (tertiary/aromatic N) is 1. The maximum Gasteiger partial charge on any atom is 0.280 e. The summed E-state index contributed by atoms with van der Waals surface area (Å²) >= 11 is 2.93. The molecular formula is C8H5BrF3NO. The van der Waals surface area contributed by atoms with Crippen LogP contribution in [0.5, 0.6) is 0 Å². The van der Waals surface area contributed by atoms with E-state index in [0.29, 0.717) is 0 Å². The van der Waals surface area contributed by atoms with Crippen molar-refractivity contribution in [2.75, 3.05) is 0 Å². The molecule has 0 N–H and O–H groups in total. The molecule has 0 spiro atoms. The molecule has 0 radical (unpaired) electrons. The van der Waals surface area contributed by atoms with E-state index in [1.54, 1.807) is 0 Å². The van der Waals surface area contributed by atoms with E-state index in [2.05, 4.69) is 20.9 Å². The highest BCUT2D eigenvalue weighted by Crippen LogP contribution is 2.21. The summed E-state index contributed by atoms with van der Waals surface area (Å²) in [7, 11) is 0. The summed E-state index contributed by atoms with van der Waals surface area (Å²) in [5.74, 6) is -0.860. The van der Waals surface area contributed by atoms with Crippen LogP contribution in [-0.2, 0) is 5.33 Å². The molecule has 0 unspecified atom stereocenters. The molecular weight excluding hydrogens is 263 g/mol. The van der Waals surface area contributed by atoms with Gasteiger partial charge in [0, 0.05) is 10.9 Å². The van der Waals surface area contributed by atoms with Crippen LogP contribution in [0.15, 0.2) is 6.07 Å². The molecule has 0 aliphatic carbocycles. The molecule has 1 rings (SSSR count). The van der Waals surface area contributed by atoms with Crippen LogP contribution in [0, 0.1) is 5.82 Å². The number of aldehydes is 1. The number of carbonyl (C=O) groups excluding carboxylic acids is 1. The van der Waals surface area contributed by atoms with E-state index in [1.165, 1.54) is 0 Å². The highest BCUT2D eigenvalue weighted by atomic mass is 79.9. The van der Waals surface area contributed by atoms with Crippen molar-refractivity contribution in [3.05, 3.63) is 28.8 Å². The van der Waals surface area contributed by atoms with Gasteiger partial charge < -0.3 is 0 Å². The third-order valence-corrected chi connectivity index (χ3v) is 2.16. The van der Waals surface area contributed by atoms with Crippen LogP contribution < -0.4 is 0 Å². The fourth-order valence-corrected chi connectivity index (χ4v) is 1.32. The van der Waals surface area contributed by atoms with Crippen molar-refractivity contribution in [3.63, 3.8) is 0 Å². The minimum atomic E-state index is -2.81. The fraction of sp³-hybridized carbons (Fsp3) is 0.250. The van der Waals surface area contributed by atoms with Crippen LogP contribution in [0.25, 0.3) is 0 Å². The van der Waals surface area contributed by atoms with E-state index < -0.39 is 23.6 Å². The predicted octanol–water partition coefficient (Wildman–Crippen LogP) is 2.87. The van der Waals surface area contributed by atoms with E-state index in [0.717, 1.165) is 6.07 Å². The first-order valence-corrected chi connectivity index (χ1v) is 4.71. The smallest absolute Gasteiger partial charge is 0.280 e. The lowest BCUT2D eigenvalue weighted by Crippen LogP contribution is -2.02. The van der Waals surface area contributed by atoms with Gasteiger partial charge in [0.05, 0.1) is 0 Å². The molecule has 0 saturated carbocycles. The molecule has 76 valence electrons. The van der Waals surface area contributed by atoms with Gasteiger partial charge in [-0.2, -0.15) is 0 Å². The molecule has 14 heavy (non-hydrogen) atoms. The predicted molar refractivity (Wildman–Crippen MR) is 47.2 cm³/mol. The second-order valence-electron chi connectivity index (χ2n) is 2.46. The zero-order valence-corrected chi connectivity index (χ0v) is 8.39. The molecule has 0 saturated heterocycles. The third kappa shape index (κ3) is 2.12. The number of pyridine rings is 1. The Bertz CT molecular complexity index is 357. The largest absolute Gasteiger partial charge is 0.296 e. The maximum absolute atomic E-state index is 13.1. The van der Waals surface area contributed by atoms with Gasteiger partial charge >= 0.3 is 0 Å². The Kier molecular flexibility index (Phi) is 3.62. The SMILES string of the molecule is O=Cc1nc(C(F)F)cc(CBr)c1F. The first kappa shape index (κ1) is 11.2. The Balaban J connectivity index is 3.31. The molecule has 0 bridgehead atoms. The minimum absolute atomic E-state index is 0.00241. The van der Waals surface area contributed by atoms with Gasteiger partial charge in [0.25, 0.3) is 6.43 Å². The lowest BCUT2D eigenvalue weighted by Gasteiger charge is -2.04. The van der Waals surface area contributed by atoms with Crippen molar-refractivity contribution >= 4 is 22.2 Å². The molecule has 1 heterocycles. The summed E-state index contributed by atoms with van der Waals surface area (Å²) in [6.45, 7) is 0. The average Bonchev–Trinajstić information content (AvgIpc) is 2.17. The van der Waals surface area contributed by atoms with E-state index in [-0.39, 0.29) is 17.2 Å². The maximum atomic E-state index is 13.1. The Morgan fingerprint density at radius 2 is 2.21 bits per heavy atom. The van der Waals surface area contributed by atoms with Gasteiger partial charge in [-0.25, -0.2) is 18.2 Å². The lowest BCUT2D eigenvalue weighted by atomic mass is 10.2. The molecule has 0 fully saturated rings. The van der Waals surface area contributed by atoms with Gasteiger partial charge in [0.1, 0.15) is 11.4 Å². The lowest BCUT2D eigenvalue weighted by molar-refractivity contribution is 0.111. The summed E-state index contributed by atoms with van der Waals surface area (Å²) in [6, 6.07) is 0.932. The quantitative estimate of drug-likeness (QED) is 0.623. The summed E-state index contributed by atoms with van der Waals surface area (Å²) in [5, 5.41) is 0.0575.